The van der Waals surface area contributed by atoms with Crippen LogP contribution in [-0.4, -0.2) is 82.6 Å². The Morgan fingerprint density at radius 2 is 1.93 bits per heavy atom. The largest absolute Gasteiger partial charge is 0.461 e. The number of nitrogens with zero attached hydrogens (tertiary/aromatic N) is 6. The van der Waals surface area contributed by atoms with Crippen molar-refractivity contribution in [1.29, 1.82) is 0 Å². The van der Waals surface area contributed by atoms with Crippen LogP contribution in [0.5, 0.6) is 6.01 Å². The standard InChI is InChI=1S/C33H45I2N7O2/c1-6-27(43)41-17-22(18-41)16-40(5)30-24-13-20(2)23(29-28(32(4,34)35)21(3)14-26(36)38-29)15-25(24)37-31(39-30)44-19-33-9-7-11-42(33)12-8-10-33/h6,14,20,22-23H,1,7-13,15-19H2,2-5H3,(H2,36,38). The summed E-state index contributed by atoms with van der Waals surface area (Å²) in [5.41, 5.74) is 12.3. The highest BCUT2D eigenvalue weighted by Gasteiger charge is 2.45. The number of carbonyl (C=O) groups excluding carboxylic acids is 1. The second kappa shape index (κ2) is 12.5. The molecule has 1 amide bonds. The van der Waals surface area contributed by atoms with Crippen molar-refractivity contribution >= 4 is 62.7 Å². The van der Waals surface area contributed by atoms with Crippen molar-refractivity contribution in [3.8, 4) is 6.01 Å². The molecule has 5 heterocycles. The van der Waals surface area contributed by atoms with Gasteiger partial charge in [-0.2, -0.15) is 9.97 Å². The summed E-state index contributed by atoms with van der Waals surface area (Å²) in [5, 5.41) is 0. The quantitative estimate of drug-likeness (QED) is 0.204. The molecule has 0 saturated carbocycles. The van der Waals surface area contributed by atoms with Gasteiger partial charge in [-0.1, -0.05) is 58.7 Å². The van der Waals surface area contributed by atoms with Crippen LogP contribution in [0.15, 0.2) is 18.7 Å². The molecule has 3 aliphatic heterocycles. The first-order valence-electron chi connectivity index (χ1n) is 15.9. The van der Waals surface area contributed by atoms with Gasteiger partial charge < -0.3 is 20.3 Å². The number of likely N-dealkylation sites (tertiary alicyclic amines) is 1. The predicted molar refractivity (Wildman–Crippen MR) is 192 cm³/mol. The number of alkyl halides is 2. The van der Waals surface area contributed by atoms with Gasteiger partial charge in [-0.25, -0.2) is 4.98 Å². The number of hydrogen-bond acceptors (Lipinski definition) is 8. The Labute approximate surface area is 289 Å². The molecular weight excluding hydrogens is 780 g/mol. The summed E-state index contributed by atoms with van der Waals surface area (Å²) in [4.78, 5) is 34.0. The fourth-order valence-corrected chi connectivity index (χ4v) is 9.59. The number of rotatable bonds is 9. The molecule has 2 N–H and O–H groups in total. The molecule has 0 bridgehead atoms. The summed E-state index contributed by atoms with van der Waals surface area (Å²) in [5.74, 6) is 2.45. The van der Waals surface area contributed by atoms with Crippen LogP contribution in [0.2, 0.25) is 0 Å². The first kappa shape index (κ1) is 32.2. The molecule has 9 nitrogen and oxygen atoms in total. The Morgan fingerprint density at radius 3 is 2.59 bits per heavy atom. The molecule has 3 saturated heterocycles. The molecule has 4 aliphatic rings. The molecule has 0 spiro atoms. The molecule has 0 aromatic carbocycles. The number of pyridine rings is 1. The van der Waals surface area contributed by atoms with Crippen LogP contribution in [0.3, 0.4) is 0 Å². The molecule has 2 aromatic heterocycles. The van der Waals surface area contributed by atoms with E-state index in [0.29, 0.717) is 30.3 Å². The second-order valence-corrected chi connectivity index (χ2v) is 20.0. The number of hydrogen-bond donors (Lipinski definition) is 1. The van der Waals surface area contributed by atoms with E-state index in [2.05, 4.69) is 89.4 Å². The van der Waals surface area contributed by atoms with Gasteiger partial charge in [0.2, 0.25) is 5.91 Å². The number of aryl methyl sites for hydroxylation is 1. The van der Waals surface area contributed by atoms with Crippen molar-refractivity contribution in [2.75, 3.05) is 57.0 Å². The van der Waals surface area contributed by atoms with E-state index in [1.54, 1.807) is 0 Å². The average molecular weight is 826 g/mol. The van der Waals surface area contributed by atoms with E-state index in [0.717, 1.165) is 62.8 Å². The van der Waals surface area contributed by atoms with Gasteiger partial charge in [0.15, 0.2) is 0 Å². The second-order valence-electron chi connectivity index (χ2n) is 13.7. The van der Waals surface area contributed by atoms with Gasteiger partial charge in [-0.05, 0) is 89.1 Å². The van der Waals surface area contributed by atoms with Crippen molar-refractivity contribution in [3.63, 3.8) is 0 Å². The normalized spacial score (nSPS) is 23.2. The minimum Gasteiger partial charge on any atom is -0.461 e. The minimum absolute atomic E-state index is 0.00462. The molecule has 2 aromatic rings. The third-order valence-corrected chi connectivity index (χ3v) is 11.4. The number of carbonyl (C=O) groups is 1. The Morgan fingerprint density at radius 1 is 1.23 bits per heavy atom. The number of amides is 1. The summed E-state index contributed by atoms with van der Waals surface area (Å²) < 4.78 is 6.44. The van der Waals surface area contributed by atoms with Crippen molar-refractivity contribution < 1.29 is 9.53 Å². The zero-order chi connectivity index (χ0) is 31.4. The number of aromatic nitrogens is 3. The van der Waals surface area contributed by atoms with Gasteiger partial charge in [-0.3, -0.25) is 9.69 Å². The van der Waals surface area contributed by atoms with E-state index < -0.39 is 0 Å². The van der Waals surface area contributed by atoms with E-state index in [1.807, 2.05) is 11.0 Å². The molecule has 2 atom stereocenters. The summed E-state index contributed by atoms with van der Waals surface area (Å²) in [6, 6.07) is 2.48. The maximum atomic E-state index is 12.0. The van der Waals surface area contributed by atoms with Crippen molar-refractivity contribution in [1.82, 2.24) is 24.8 Å². The number of nitrogens with two attached hydrogens (primary N) is 1. The maximum Gasteiger partial charge on any atom is 0.318 e. The van der Waals surface area contributed by atoms with Gasteiger partial charge >= 0.3 is 6.01 Å². The SMILES string of the molecule is C=CC(=O)N1CC(CN(C)c2nc(OCC34CCCN3CCC4)nc3c2CC(C)C(c2nc(N)cc(C)c2C(C)(I)I)C3)C1. The highest BCUT2D eigenvalue weighted by atomic mass is 127. The first-order valence-corrected chi connectivity index (χ1v) is 18.1. The molecule has 11 heteroatoms. The van der Waals surface area contributed by atoms with Gasteiger partial charge in [-0.15, -0.1) is 0 Å². The number of halogens is 2. The van der Waals surface area contributed by atoms with Crippen LogP contribution in [0.4, 0.5) is 11.6 Å². The fraction of sp³-hybridized carbons (Fsp3) is 0.636. The number of ether oxygens (including phenoxy) is 1. The molecule has 1 aliphatic carbocycles. The van der Waals surface area contributed by atoms with Crippen molar-refractivity contribution in [2.24, 2.45) is 11.8 Å². The number of nitrogen functional groups attached to an aromatic ring is 1. The van der Waals surface area contributed by atoms with Crippen LogP contribution < -0.4 is 15.4 Å². The summed E-state index contributed by atoms with van der Waals surface area (Å²) in [6.45, 7) is 15.6. The van der Waals surface area contributed by atoms with E-state index >= 15 is 0 Å². The molecule has 2 unspecified atom stereocenters. The Balaban J connectivity index is 1.32. The third-order valence-electron chi connectivity index (χ3n) is 10.3. The van der Waals surface area contributed by atoms with Gasteiger partial charge in [0, 0.05) is 49.6 Å². The van der Waals surface area contributed by atoms with Crippen LogP contribution in [0.25, 0.3) is 0 Å². The van der Waals surface area contributed by atoms with E-state index in [4.69, 9.17) is 25.4 Å². The van der Waals surface area contributed by atoms with Crippen LogP contribution >= 0.6 is 45.2 Å². The zero-order valence-electron chi connectivity index (χ0n) is 26.4. The first-order chi connectivity index (χ1) is 20.9. The lowest BCUT2D eigenvalue weighted by atomic mass is 9.75. The topological polar surface area (TPSA) is 101 Å². The Hall–Kier alpha value is -1.74. The summed E-state index contributed by atoms with van der Waals surface area (Å²) >= 11 is 5.03. The van der Waals surface area contributed by atoms with Gasteiger partial charge in [0.05, 0.1) is 18.4 Å². The summed E-state index contributed by atoms with van der Waals surface area (Å²) in [6.07, 6.45) is 7.86. The van der Waals surface area contributed by atoms with Crippen LogP contribution in [-0.2, 0) is 19.1 Å². The molecule has 0 radical (unpaired) electrons. The van der Waals surface area contributed by atoms with Gasteiger partial charge in [0.25, 0.3) is 0 Å². The highest BCUT2D eigenvalue weighted by Crippen LogP contribution is 2.48. The maximum absolute atomic E-state index is 12.0. The minimum atomic E-state index is -0.113. The van der Waals surface area contributed by atoms with E-state index in [9.17, 15) is 4.79 Å². The third kappa shape index (κ3) is 6.17. The molecule has 238 valence electrons. The van der Waals surface area contributed by atoms with Gasteiger partial charge in [0.1, 0.15) is 18.2 Å². The van der Waals surface area contributed by atoms with Crippen molar-refractivity contribution in [3.05, 3.63) is 46.8 Å². The van der Waals surface area contributed by atoms with Crippen molar-refractivity contribution in [2.45, 2.75) is 72.2 Å². The van der Waals surface area contributed by atoms with E-state index in [-0.39, 0.29) is 18.8 Å². The number of anilines is 2. The molecule has 44 heavy (non-hydrogen) atoms. The smallest absolute Gasteiger partial charge is 0.318 e. The molecular formula is C33H45I2N7O2. The highest BCUT2D eigenvalue weighted by molar-refractivity contribution is 14.2. The molecule has 6 rings (SSSR count). The monoisotopic (exact) mass is 825 g/mol. The van der Waals surface area contributed by atoms with Crippen LogP contribution in [0.1, 0.15) is 73.5 Å². The fourth-order valence-electron chi connectivity index (χ4n) is 8.18. The lowest BCUT2D eigenvalue weighted by Gasteiger charge is -2.41. The lowest BCUT2D eigenvalue weighted by molar-refractivity contribution is -0.131. The molecule has 3 fully saturated rings. The Kier molecular flexibility index (Phi) is 9.12. The van der Waals surface area contributed by atoms with E-state index in [1.165, 1.54) is 48.4 Å². The number of fused-ring (bicyclic) bond motifs is 2. The van der Waals surface area contributed by atoms with Crippen LogP contribution in [0, 0.1) is 18.8 Å². The average Bonchev–Trinajstić information content (AvgIpc) is 3.52. The lowest BCUT2D eigenvalue weighted by Crippen LogP contribution is -2.53. The summed E-state index contributed by atoms with van der Waals surface area (Å²) in [7, 11) is 2.12. The Bertz CT molecular complexity index is 1430. The predicted octanol–water partition coefficient (Wildman–Crippen LogP) is 5.41. The zero-order valence-corrected chi connectivity index (χ0v) is 30.7.